The third-order valence-electron chi connectivity index (χ3n) is 6.13. The average molecular weight is 484 g/mol. The van der Waals surface area contributed by atoms with Crippen molar-refractivity contribution < 1.29 is 22.7 Å². The second kappa shape index (κ2) is 9.14. The summed E-state index contributed by atoms with van der Waals surface area (Å²) >= 11 is 0. The number of halogens is 3. The molecule has 11 heteroatoms. The lowest BCUT2D eigenvalue weighted by Gasteiger charge is -2.24. The van der Waals surface area contributed by atoms with Crippen LogP contribution < -0.4 is 9.64 Å². The summed E-state index contributed by atoms with van der Waals surface area (Å²) < 4.78 is 48.4. The number of nitrogens with zero attached hydrogens (tertiary/aromatic N) is 6. The number of likely N-dealkylation sites (tertiary alicyclic amines) is 1. The zero-order chi connectivity index (χ0) is 24.6. The van der Waals surface area contributed by atoms with Gasteiger partial charge in [0.2, 0.25) is 5.91 Å². The summed E-state index contributed by atoms with van der Waals surface area (Å²) in [5.41, 5.74) is 2.01. The molecule has 35 heavy (non-hydrogen) atoms. The van der Waals surface area contributed by atoms with Crippen LogP contribution in [0.3, 0.4) is 0 Å². The van der Waals surface area contributed by atoms with Crippen LogP contribution in [0.25, 0.3) is 5.69 Å². The van der Waals surface area contributed by atoms with Crippen molar-refractivity contribution in [1.82, 2.24) is 19.9 Å². The molecular formula is C24H23F3N6O2. The van der Waals surface area contributed by atoms with Gasteiger partial charge in [-0.1, -0.05) is 17.3 Å². The van der Waals surface area contributed by atoms with Crippen LogP contribution in [0.15, 0.2) is 53.7 Å². The monoisotopic (exact) mass is 484 g/mol. The SMILES string of the molecule is COc1ccc2c(c1)N=C(c1cccc(-n3nncc3CN3CCCC3)c1)CC(=O)N2C(F)(F)F. The van der Waals surface area contributed by atoms with Gasteiger partial charge in [-0.05, 0) is 55.8 Å². The Balaban J connectivity index is 1.53. The number of methoxy groups -OCH3 is 1. The van der Waals surface area contributed by atoms with Gasteiger partial charge in [0.1, 0.15) is 5.75 Å². The van der Waals surface area contributed by atoms with E-state index in [1.807, 2.05) is 6.07 Å². The van der Waals surface area contributed by atoms with Gasteiger partial charge in [0, 0.05) is 12.6 Å². The Morgan fingerprint density at radius 1 is 1.09 bits per heavy atom. The molecule has 2 aliphatic heterocycles. The number of carbonyl (C=O) groups is 1. The van der Waals surface area contributed by atoms with Gasteiger partial charge in [0.25, 0.3) is 0 Å². The highest BCUT2D eigenvalue weighted by Crippen LogP contribution is 2.41. The molecule has 8 nitrogen and oxygen atoms in total. The molecule has 0 atom stereocenters. The quantitative estimate of drug-likeness (QED) is 0.506. The van der Waals surface area contributed by atoms with Crippen molar-refractivity contribution in [2.24, 2.45) is 4.99 Å². The van der Waals surface area contributed by atoms with Gasteiger partial charge < -0.3 is 4.74 Å². The van der Waals surface area contributed by atoms with E-state index in [2.05, 4.69) is 20.2 Å². The van der Waals surface area contributed by atoms with Crippen LogP contribution in [-0.4, -0.2) is 58.0 Å². The highest BCUT2D eigenvalue weighted by atomic mass is 19.4. The van der Waals surface area contributed by atoms with Crippen molar-refractivity contribution in [2.45, 2.75) is 32.1 Å². The maximum atomic E-state index is 13.8. The second-order valence-electron chi connectivity index (χ2n) is 8.46. The van der Waals surface area contributed by atoms with E-state index >= 15 is 0 Å². The molecule has 0 spiro atoms. The number of amides is 1. The lowest BCUT2D eigenvalue weighted by molar-refractivity contribution is -0.149. The number of fused-ring (bicyclic) bond motifs is 1. The number of aromatic nitrogens is 3. The third-order valence-corrected chi connectivity index (χ3v) is 6.13. The standard InChI is InChI=1S/C24H23F3N6O2/c1-35-19-7-8-22-21(12-19)29-20(13-23(34)32(22)24(25,26)27)16-5-4-6-17(11-16)33-18(14-28-30-33)15-31-9-2-3-10-31/h4-8,11-12,14H,2-3,9-10,13,15H2,1H3. The van der Waals surface area contributed by atoms with E-state index in [4.69, 9.17) is 4.74 Å². The van der Waals surface area contributed by atoms with Crippen LogP contribution in [-0.2, 0) is 11.3 Å². The molecule has 0 N–H and O–H groups in total. The first-order chi connectivity index (χ1) is 16.8. The van der Waals surface area contributed by atoms with Crippen molar-refractivity contribution >= 4 is 23.0 Å². The largest absolute Gasteiger partial charge is 0.497 e. The molecule has 0 radical (unpaired) electrons. The van der Waals surface area contributed by atoms with Crippen molar-refractivity contribution in [2.75, 3.05) is 25.1 Å². The number of hydrogen-bond donors (Lipinski definition) is 0. The summed E-state index contributed by atoms with van der Waals surface area (Å²) in [6.45, 7) is 2.73. The Labute approximate surface area is 199 Å². The van der Waals surface area contributed by atoms with E-state index in [0.717, 1.165) is 31.6 Å². The Hall–Kier alpha value is -3.73. The lowest BCUT2D eigenvalue weighted by atomic mass is 10.1. The fourth-order valence-corrected chi connectivity index (χ4v) is 4.46. The van der Waals surface area contributed by atoms with Crippen molar-refractivity contribution in [1.29, 1.82) is 0 Å². The van der Waals surface area contributed by atoms with Gasteiger partial charge in [0.15, 0.2) is 0 Å². The van der Waals surface area contributed by atoms with E-state index in [1.165, 1.54) is 25.3 Å². The number of aliphatic imine (C=N–C) groups is 1. The molecule has 1 saturated heterocycles. The van der Waals surface area contributed by atoms with Crippen LogP contribution in [0.2, 0.25) is 0 Å². The Kier molecular flexibility index (Phi) is 6.01. The molecule has 2 aliphatic rings. The Morgan fingerprint density at radius 3 is 2.63 bits per heavy atom. The number of ether oxygens (including phenoxy) is 1. The van der Waals surface area contributed by atoms with E-state index in [0.29, 0.717) is 23.5 Å². The highest BCUT2D eigenvalue weighted by Gasteiger charge is 2.44. The zero-order valence-corrected chi connectivity index (χ0v) is 19.0. The van der Waals surface area contributed by atoms with E-state index in [9.17, 15) is 18.0 Å². The molecule has 0 aliphatic carbocycles. The molecule has 3 heterocycles. The fourth-order valence-electron chi connectivity index (χ4n) is 4.46. The van der Waals surface area contributed by atoms with Gasteiger partial charge in [-0.15, -0.1) is 18.3 Å². The van der Waals surface area contributed by atoms with Crippen LogP contribution in [0.5, 0.6) is 5.75 Å². The minimum Gasteiger partial charge on any atom is -0.497 e. The zero-order valence-electron chi connectivity index (χ0n) is 19.0. The number of alkyl halides is 3. The highest BCUT2D eigenvalue weighted by molar-refractivity contribution is 6.18. The lowest BCUT2D eigenvalue weighted by Crippen LogP contribution is -2.43. The summed E-state index contributed by atoms with van der Waals surface area (Å²) in [5, 5.41) is 8.26. The summed E-state index contributed by atoms with van der Waals surface area (Å²) in [5.74, 6) is -0.771. The molecular weight excluding hydrogens is 461 g/mol. The molecule has 1 fully saturated rings. The molecule has 2 aromatic carbocycles. The first-order valence-corrected chi connectivity index (χ1v) is 11.2. The fraction of sp³-hybridized carbons (Fsp3) is 0.333. The molecule has 5 rings (SSSR count). The summed E-state index contributed by atoms with van der Waals surface area (Å²) in [6, 6.07) is 11.0. The second-order valence-corrected chi connectivity index (χ2v) is 8.46. The number of carbonyl (C=O) groups excluding carboxylic acids is 1. The summed E-state index contributed by atoms with van der Waals surface area (Å²) in [6.07, 6.45) is -1.38. The van der Waals surface area contributed by atoms with Crippen molar-refractivity contribution in [3.63, 3.8) is 0 Å². The summed E-state index contributed by atoms with van der Waals surface area (Å²) in [4.78, 5) is 19.4. The minimum absolute atomic E-state index is 0.00315. The van der Waals surface area contributed by atoms with Crippen LogP contribution in [0.4, 0.5) is 24.5 Å². The Bertz CT molecular complexity index is 1280. The Morgan fingerprint density at radius 2 is 1.89 bits per heavy atom. The molecule has 3 aromatic rings. The topological polar surface area (TPSA) is 75.8 Å². The first kappa shape index (κ1) is 23.0. The maximum absolute atomic E-state index is 13.8. The van der Waals surface area contributed by atoms with Gasteiger partial charge in [-0.2, -0.15) is 0 Å². The number of hydrogen-bond acceptors (Lipinski definition) is 6. The van der Waals surface area contributed by atoms with Gasteiger partial charge >= 0.3 is 6.30 Å². The summed E-state index contributed by atoms with van der Waals surface area (Å²) in [7, 11) is 1.41. The average Bonchev–Trinajstić information content (AvgIpc) is 3.48. The van der Waals surface area contributed by atoms with Gasteiger partial charge in [-0.25, -0.2) is 14.6 Å². The van der Waals surface area contributed by atoms with Crippen LogP contribution in [0, 0.1) is 0 Å². The van der Waals surface area contributed by atoms with Crippen LogP contribution in [0.1, 0.15) is 30.5 Å². The molecule has 1 aromatic heterocycles. The minimum atomic E-state index is -4.89. The van der Waals surface area contributed by atoms with Crippen LogP contribution >= 0.6 is 0 Å². The van der Waals surface area contributed by atoms with E-state index in [-0.39, 0.29) is 22.0 Å². The van der Waals surface area contributed by atoms with Gasteiger partial charge in [0.05, 0.1) is 48.2 Å². The van der Waals surface area contributed by atoms with E-state index < -0.39 is 18.6 Å². The molecule has 0 unspecified atom stereocenters. The normalized spacial score (nSPS) is 16.7. The smallest absolute Gasteiger partial charge is 0.491 e. The number of benzene rings is 2. The van der Waals surface area contributed by atoms with E-state index in [1.54, 1.807) is 29.1 Å². The predicted molar refractivity (Wildman–Crippen MR) is 123 cm³/mol. The maximum Gasteiger partial charge on any atom is 0.491 e. The molecule has 1 amide bonds. The van der Waals surface area contributed by atoms with Crippen molar-refractivity contribution in [3.05, 3.63) is 59.9 Å². The van der Waals surface area contributed by atoms with Crippen molar-refractivity contribution in [3.8, 4) is 11.4 Å². The molecule has 182 valence electrons. The molecule has 0 saturated carbocycles. The van der Waals surface area contributed by atoms with Gasteiger partial charge in [-0.3, -0.25) is 9.69 Å². The molecule has 0 bridgehead atoms. The predicted octanol–water partition coefficient (Wildman–Crippen LogP) is 4.25. The first-order valence-electron chi connectivity index (χ1n) is 11.2. The number of anilines is 1. The third kappa shape index (κ3) is 4.63. The number of rotatable bonds is 5.